The van der Waals surface area contributed by atoms with Crippen molar-refractivity contribution in [2.75, 3.05) is 5.33 Å². The van der Waals surface area contributed by atoms with E-state index in [4.69, 9.17) is 4.74 Å². The normalized spacial score (nSPS) is 17.5. The largest absolute Gasteiger partial charge is 0.461 e. The first kappa shape index (κ1) is 15.9. The summed E-state index contributed by atoms with van der Waals surface area (Å²) in [6.07, 6.45) is -0.727. The van der Waals surface area contributed by atoms with Gasteiger partial charge in [-0.15, -0.1) is 0 Å². The molecular formula is C16H17BrO4. The molecule has 0 aromatic heterocycles. The molecule has 5 heteroatoms. The van der Waals surface area contributed by atoms with E-state index < -0.39 is 6.29 Å². The highest BCUT2D eigenvalue weighted by Crippen LogP contribution is 2.28. The van der Waals surface area contributed by atoms with E-state index in [9.17, 15) is 14.7 Å². The minimum atomic E-state index is -1.11. The zero-order chi connectivity index (χ0) is 15.6. The molecule has 0 fully saturated rings. The van der Waals surface area contributed by atoms with Crippen LogP contribution in [0.15, 0.2) is 35.6 Å². The smallest absolute Gasteiger partial charge is 0.228 e. The number of rotatable bonds is 5. The maximum Gasteiger partial charge on any atom is 0.228 e. The van der Waals surface area contributed by atoms with Crippen LogP contribution in [0.25, 0.3) is 0 Å². The molecule has 0 saturated carbocycles. The monoisotopic (exact) mass is 352 g/mol. The Hall–Kier alpha value is -1.46. The number of fused-ring (bicyclic) bond motifs is 1. The molecule has 1 aromatic rings. The molecular weight excluding hydrogens is 336 g/mol. The van der Waals surface area contributed by atoms with Crippen molar-refractivity contribution in [1.82, 2.24) is 0 Å². The number of halogens is 1. The number of hydrogen-bond donors (Lipinski definition) is 1. The molecule has 1 N–H and O–H groups in total. The maximum absolute atomic E-state index is 12.4. The van der Waals surface area contributed by atoms with E-state index >= 15 is 0 Å². The van der Waals surface area contributed by atoms with Crippen LogP contribution < -0.4 is 0 Å². The van der Waals surface area contributed by atoms with E-state index in [0.717, 1.165) is 5.33 Å². The van der Waals surface area contributed by atoms with Crippen molar-refractivity contribution in [2.45, 2.75) is 26.6 Å². The quantitative estimate of drug-likeness (QED) is 0.653. The van der Waals surface area contributed by atoms with Crippen molar-refractivity contribution in [1.29, 1.82) is 0 Å². The summed E-state index contributed by atoms with van der Waals surface area (Å²) in [6.45, 7) is 3.50. The van der Waals surface area contributed by atoms with Crippen LogP contribution in [0, 0.1) is 5.92 Å². The Morgan fingerprint density at radius 3 is 2.33 bits per heavy atom. The van der Waals surface area contributed by atoms with Gasteiger partial charge in [-0.1, -0.05) is 47.1 Å². The summed E-state index contributed by atoms with van der Waals surface area (Å²) in [5.41, 5.74) is 0.948. The second kappa shape index (κ2) is 6.54. The first-order chi connectivity index (χ1) is 9.95. The van der Waals surface area contributed by atoms with Gasteiger partial charge in [0.05, 0.1) is 0 Å². The molecule has 21 heavy (non-hydrogen) atoms. The van der Waals surface area contributed by atoms with E-state index in [0.29, 0.717) is 17.5 Å². The number of ketones is 2. The van der Waals surface area contributed by atoms with Gasteiger partial charge in [0, 0.05) is 28.5 Å². The molecule has 2 unspecified atom stereocenters. The fraction of sp³-hybridized carbons (Fsp3) is 0.375. The molecule has 2 atom stereocenters. The van der Waals surface area contributed by atoms with Crippen LogP contribution in [-0.2, 0) is 4.74 Å². The third-order valence-corrected chi connectivity index (χ3v) is 4.53. The summed E-state index contributed by atoms with van der Waals surface area (Å²) in [5, 5.41) is 10.7. The number of Topliss-reactive ketones (excluding diaryl/α,β-unsaturated/α-hetero) is 2. The van der Waals surface area contributed by atoms with Crippen LogP contribution in [0.1, 0.15) is 41.0 Å². The van der Waals surface area contributed by atoms with Crippen LogP contribution in [0.3, 0.4) is 0 Å². The number of ether oxygens (including phenoxy) is 1. The van der Waals surface area contributed by atoms with Gasteiger partial charge >= 0.3 is 0 Å². The number of alkyl halides is 1. The van der Waals surface area contributed by atoms with Crippen molar-refractivity contribution < 1.29 is 19.4 Å². The van der Waals surface area contributed by atoms with Gasteiger partial charge in [-0.25, -0.2) is 0 Å². The van der Waals surface area contributed by atoms with Crippen molar-refractivity contribution in [3.8, 4) is 0 Å². The standard InChI is InChI=1S/C16H17BrO4/c1-9(8-17)7-13(18)21-16-10(2)14(19)11-5-3-4-6-12(11)15(16)20/h3-6,9,13,18H,7-8H2,1-2H3. The zero-order valence-electron chi connectivity index (χ0n) is 11.9. The Labute approximate surface area is 131 Å². The summed E-state index contributed by atoms with van der Waals surface area (Å²) in [6, 6.07) is 6.64. The first-order valence-electron chi connectivity index (χ1n) is 6.75. The average molecular weight is 353 g/mol. The molecule has 2 rings (SSSR count). The fourth-order valence-corrected chi connectivity index (χ4v) is 2.47. The van der Waals surface area contributed by atoms with Gasteiger partial charge in [-0.05, 0) is 12.8 Å². The van der Waals surface area contributed by atoms with Crippen molar-refractivity contribution in [3.05, 3.63) is 46.7 Å². The van der Waals surface area contributed by atoms with E-state index in [-0.39, 0.29) is 28.8 Å². The number of carbonyl (C=O) groups is 2. The molecule has 4 nitrogen and oxygen atoms in total. The van der Waals surface area contributed by atoms with Gasteiger partial charge in [0.15, 0.2) is 17.8 Å². The number of aliphatic hydroxyl groups excluding tert-OH is 1. The first-order valence-corrected chi connectivity index (χ1v) is 7.87. The molecule has 0 saturated heterocycles. The van der Waals surface area contributed by atoms with E-state index in [1.54, 1.807) is 31.2 Å². The van der Waals surface area contributed by atoms with Crippen molar-refractivity contribution >= 4 is 27.5 Å². The molecule has 1 aliphatic carbocycles. The molecule has 0 aliphatic heterocycles. The van der Waals surface area contributed by atoms with Gasteiger partial charge in [-0.2, -0.15) is 0 Å². The van der Waals surface area contributed by atoms with Crippen LogP contribution in [0.2, 0.25) is 0 Å². The van der Waals surface area contributed by atoms with Gasteiger partial charge in [0.25, 0.3) is 0 Å². The third kappa shape index (κ3) is 3.24. The minimum absolute atomic E-state index is 0.0482. The van der Waals surface area contributed by atoms with Crippen LogP contribution in [-0.4, -0.2) is 28.3 Å². The fourth-order valence-electron chi connectivity index (χ4n) is 2.21. The van der Waals surface area contributed by atoms with Crippen LogP contribution >= 0.6 is 15.9 Å². The minimum Gasteiger partial charge on any atom is -0.461 e. The Morgan fingerprint density at radius 2 is 1.76 bits per heavy atom. The molecule has 0 radical (unpaired) electrons. The SMILES string of the molecule is CC1=C(OC(O)CC(C)CBr)C(=O)c2ccccc2C1=O. The number of aliphatic hydroxyl groups is 1. The molecule has 0 bridgehead atoms. The summed E-state index contributed by atoms with van der Waals surface area (Å²) >= 11 is 3.32. The number of benzene rings is 1. The number of allylic oxidation sites excluding steroid dienone is 2. The highest BCUT2D eigenvalue weighted by Gasteiger charge is 2.32. The van der Waals surface area contributed by atoms with E-state index in [1.165, 1.54) is 0 Å². The van der Waals surface area contributed by atoms with E-state index in [1.807, 2.05) is 6.92 Å². The number of hydrogen-bond acceptors (Lipinski definition) is 4. The van der Waals surface area contributed by atoms with Gasteiger partial charge in [0.1, 0.15) is 0 Å². The molecule has 0 amide bonds. The third-order valence-electron chi connectivity index (χ3n) is 3.43. The lowest BCUT2D eigenvalue weighted by molar-refractivity contribution is -0.0742. The molecule has 1 aromatic carbocycles. The van der Waals surface area contributed by atoms with Gasteiger partial charge < -0.3 is 9.84 Å². The lowest BCUT2D eigenvalue weighted by atomic mass is 9.89. The summed E-state index contributed by atoms with van der Waals surface area (Å²) < 4.78 is 5.36. The van der Waals surface area contributed by atoms with Crippen molar-refractivity contribution in [2.24, 2.45) is 5.92 Å². The predicted octanol–water partition coefficient (Wildman–Crippen LogP) is 3.10. The second-order valence-electron chi connectivity index (χ2n) is 5.23. The highest BCUT2D eigenvalue weighted by molar-refractivity contribution is 9.09. The van der Waals surface area contributed by atoms with Crippen LogP contribution in [0.5, 0.6) is 0 Å². The average Bonchev–Trinajstić information content (AvgIpc) is 2.49. The Kier molecular flexibility index (Phi) is 4.96. The lowest BCUT2D eigenvalue weighted by Crippen LogP contribution is -2.26. The molecule has 112 valence electrons. The molecule has 1 aliphatic rings. The molecule has 0 heterocycles. The Balaban J connectivity index is 2.26. The Bertz CT molecular complexity index is 606. The predicted molar refractivity (Wildman–Crippen MR) is 82.5 cm³/mol. The second-order valence-corrected chi connectivity index (χ2v) is 5.87. The number of carbonyl (C=O) groups excluding carboxylic acids is 2. The lowest BCUT2D eigenvalue weighted by Gasteiger charge is -2.23. The van der Waals surface area contributed by atoms with E-state index in [2.05, 4.69) is 15.9 Å². The topological polar surface area (TPSA) is 63.6 Å². The summed E-state index contributed by atoms with van der Waals surface area (Å²) in [5.74, 6) is -0.440. The summed E-state index contributed by atoms with van der Waals surface area (Å²) in [7, 11) is 0. The highest BCUT2D eigenvalue weighted by atomic mass is 79.9. The van der Waals surface area contributed by atoms with Gasteiger partial charge in [0.2, 0.25) is 5.78 Å². The van der Waals surface area contributed by atoms with Crippen LogP contribution in [0.4, 0.5) is 0 Å². The summed E-state index contributed by atoms with van der Waals surface area (Å²) in [4.78, 5) is 24.7. The molecule has 0 spiro atoms. The van der Waals surface area contributed by atoms with Gasteiger partial charge in [-0.3, -0.25) is 9.59 Å². The maximum atomic E-state index is 12.4. The Morgan fingerprint density at radius 1 is 1.19 bits per heavy atom. The zero-order valence-corrected chi connectivity index (χ0v) is 13.5. The van der Waals surface area contributed by atoms with Crippen molar-refractivity contribution in [3.63, 3.8) is 0 Å².